The average molecular weight is 250 g/mol. The lowest BCUT2D eigenvalue weighted by molar-refractivity contribution is 0.0194. The quantitative estimate of drug-likeness (QED) is 0.668. The van der Waals surface area contributed by atoms with Gasteiger partial charge in [0.25, 0.3) is 0 Å². The van der Waals surface area contributed by atoms with E-state index in [1.807, 2.05) is 27.7 Å². The number of carbonyl (C=O) groups excluding carboxylic acids is 1. The smallest absolute Gasteiger partial charge is 0.410 e. The molecule has 0 aliphatic carbocycles. The van der Waals surface area contributed by atoms with E-state index in [-0.39, 0.29) is 6.09 Å². The average Bonchev–Trinajstić information content (AvgIpc) is 2.27. The van der Waals surface area contributed by atoms with Crippen molar-refractivity contribution in [2.75, 3.05) is 13.1 Å². The molecule has 0 radical (unpaired) electrons. The highest BCUT2D eigenvalue weighted by Crippen LogP contribution is 2.25. The van der Waals surface area contributed by atoms with Crippen molar-refractivity contribution in [1.29, 1.82) is 0 Å². The predicted octanol–water partition coefficient (Wildman–Crippen LogP) is 3.46. The van der Waals surface area contributed by atoms with Gasteiger partial charge in [0.15, 0.2) is 6.20 Å². The lowest BCUT2D eigenvalue weighted by Crippen LogP contribution is -2.41. The van der Waals surface area contributed by atoms with Crippen LogP contribution in [0.1, 0.15) is 40.5 Å². The van der Waals surface area contributed by atoms with E-state index in [2.05, 4.69) is 4.85 Å². The number of hydrogen-bond acceptors (Lipinski definition) is 2. The molecule has 0 aromatic heterocycles. The summed E-state index contributed by atoms with van der Waals surface area (Å²) in [7, 11) is 0. The third-order valence-electron chi connectivity index (χ3n) is 3.06. The maximum atomic E-state index is 11.9. The summed E-state index contributed by atoms with van der Waals surface area (Å²) in [6.07, 6.45) is 3.19. The highest BCUT2D eigenvalue weighted by molar-refractivity contribution is 5.68. The van der Waals surface area contributed by atoms with Crippen LogP contribution >= 0.6 is 0 Å². The minimum atomic E-state index is -0.437. The number of hydrogen-bond donors (Lipinski definition) is 0. The van der Waals surface area contributed by atoms with Gasteiger partial charge in [0, 0.05) is 13.1 Å². The van der Waals surface area contributed by atoms with Gasteiger partial charge in [0.05, 0.1) is 6.57 Å². The normalized spacial score (nSPS) is 18.4. The zero-order chi connectivity index (χ0) is 13.8. The molecule has 1 heterocycles. The molecule has 0 spiro atoms. The Morgan fingerprint density at radius 1 is 1.39 bits per heavy atom. The topological polar surface area (TPSA) is 33.9 Å². The van der Waals surface area contributed by atoms with Crippen molar-refractivity contribution < 1.29 is 9.53 Å². The first kappa shape index (κ1) is 14.6. The highest BCUT2D eigenvalue weighted by Gasteiger charge is 2.27. The summed E-state index contributed by atoms with van der Waals surface area (Å²) in [5.74, 6) is 0.429. The lowest BCUT2D eigenvalue weighted by atomic mass is 9.91. The molecule has 0 unspecified atom stereocenters. The van der Waals surface area contributed by atoms with Crippen LogP contribution in [0.3, 0.4) is 0 Å². The number of piperidine rings is 1. The summed E-state index contributed by atoms with van der Waals surface area (Å²) < 4.78 is 5.34. The van der Waals surface area contributed by atoms with Gasteiger partial charge in [0.2, 0.25) is 0 Å². The Kier molecular flexibility index (Phi) is 4.77. The Morgan fingerprint density at radius 3 is 2.39 bits per heavy atom. The molecule has 4 heteroatoms. The van der Waals surface area contributed by atoms with Crippen LogP contribution in [0.4, 0.5) is 4.79 Å². The van der Waals surface area contributed by atoms with Gasteiger partial charge in [-0.25, -0.2) is 9.64 Å². The fourth-order valence-corrected chi connectivity index (χ4v) is 2.05. The van der Waals surface area contributed by atoms with Crippen molar-refractivity contribution in [2.24, 2.45) is 5.92 Å². The van der Waals surface area contributed by atoms with Gasteiger partial charge in [-0.15, -0.1) is 0 Å². The van der Waals surface area contributed by atoms with Gasteiger partial charge < -0.3 is 9.64 Å². The number of allylic oxidation sites excluding steroid dienone is 1. The standard InChI is InChI=1S/C14H22N2O2/c1-11(10-15-5)12-6-8-16(9-7-12)13(17)18-14(2,3)4/h10,12H,6-9H2,1-4H3. The number of nitrogens with zero attached hydrogens (tertiary/aromatic N) is 2. The van der Waals surface area contributed by atoms with Crippen molar-refractivity contribution in [3.05, 3.63) is 23.2 Å². The predicted molar refractivity (Wildman–Crippen MR) is 70.9 cm³/mol. The summed E-state index contributed by atoms with van der Waals surface area (Å²) in [5, 5.41) is 0. The van der Waals surface area contributed by atoms with Gasteiger partial charge in [-0.05, 0) is 39.5 Å². The largest absolute Gasteiger partial charge is 0.444 e. The molecule has 1 saturated heterocycles. The molecule has 0 bridgehead atoms. The maximum absolute atomic E-state index is 11.9. The second kappa shape index (κ2) is 5.90. The molecule has 100 valence electrons. The van der Waals surface area contributed by atoms with Gasteiger partial charge in [-0.3, -0.25) is 0 Å². The third-order valence-corrected chi connectivity index (χ3v) is 3.06. The Hall–Kier alpha value is -1.50. The Balaban J connectivity index is 2.47. The van der Waals surface area contributed by atoms with Crippen LogP contribution in [-0.2, 0) is 4.74 Å². The van der Waals surface area contributed by atoms with E-state index < -0.39 is 5.60 Å². The zero-order valence-corrected chi connectivity index (χ0v) is 11.7. The van der Waals surface area contributed by atoms with Gasteiger partial charge >= 0.3 is 6.09 Å². The number of ether oxygens (including phenoxy) is 1. The first-order valence-electron chi connectivity index (χ1n) is 6.34. The molecular weight excluding hydrogens is 228 g/mol. The van der Waals surface area contributed by atoms with Gasteiger partial charge in [-0.2, -0.15) is 0 Å². The van der Waals surface area contributed by atoms with Crippen LogP contribution in [0.2, 0.25) is 0 Å². The van der Waals surface area contributed by atoms with Crippen molar-refractivity contribution in [1.82, 2.24) is 4.90 Å². The Morgan fingerprint density at radius 2 is 1.94 bits per heavy atom. The number of likely N-dealkylation sites (tertiary alicyclic amines) is 1. The highest BCUT2D eigenvalue weighted by atomic mass is 16.6. The molecule has 1 rings (SSSR count). The molecule has 0 N–H and O–H groups in total. The lowest BCUT2D eigenvalue weighted by Gasteiger charge is -2.33. The van der Waals surface area contributed by atoms with Crippen LogP contribution in [0, 0.1) is 12.5 Å². The summed E-state index contributed by atoms with van der Waals surface area (Å²) >= 11 is 0. The van der Waals surface area contributed by atoms with Crippen LogP contribution in [-0.4, -0.2) is 29.7 Å². The van der Waals surface area contributed by atoms with Crippen molar-refractivity contribution in [3.8, 4) is 0 Å². The molecule has 0 aromatic rings. The molecule has 0 aromatic carbocycles. The fraction of sp³-hybridized carbons (Fsp3) is 0.714. The van der Waals surface area contributed by atoms with Crippen molar-refractivity contribution in [3.63, 3.8) is 0 Å². The van der Waals surface area contributed by atoms with E-state index in [0.717, 1.165) is 18.4 Å². The van der Waals surface area contributed by atoms with E-state index in [9.17, 15) is 4.79 Å². The van der Waals surface area contributed by atoms with Crippen LogP contribution in [0.5, 0.6) is 0 Å². The maximum Gasteiger partial charge on any atom is 0.410 e. The fourth-order valence-electron chi connectivity index (χ4n) is 2.05. The number of amides is 1. The summed E-state index contributed by atoms with van der Waals surface area (Å²) in [4.78, 5) is 16.9. The van der Waals surface area contributed by atoms with Gasteiger partial charge in [-0.1, -0.05) is 12.5 Å². The summed E-state index contributed by atoms with van der Waals surface area (Å²) in [6, 6.07) is 0. The molecule has 1 amide bonds. The minimum Gasteiger partial charge on any atom is -0.444 e. The molecule has 0 atom stereocenters. The minimum absolute atomic E-state index is 0.229. The third kappa shape index (κ3) is 4.40. The molecule has 4 nitrogen and oxygen atoms in total. The summed E-state index contributed by atoms with van der Waals surface area (Å²) in [6.45, 7) is 15.9. The van der Waals surface area contributed by atoms with Gasteiger partial charge in [0.1, 0.15) is 5.60 Å². The van der Waals surface area contributed by atoms with Crippen molar-refractivity contribution in [2.45, 2.75) is 46.1 Å². The van der Waals surface area contributed by atoms with E-state index in [4.69, 9.17) is 11.3 Å². The first-order valence-corrected chi connectivity index (χ1v) is 6.34. The van der Waals surface area contributed by atoms with Crippen LogP contribution in [0.25, 0.3) is 4.85 Å². The number of carbonyl (C=O) groups is 1. The summed E-state index contributed by atoms with van der Waals surface area (Å²) in [5.41, 5.74) is 0.683. The second-order valence-electron chi connectivity index (χ2n) is 5.74. The SMILES string of the molecule is [C-]#[N+]C=C(C)C1CCN(C(=O)OC(C)(C)C)CC1. The molecule has 1 aliphatic rings. The molecule has 1 fully saturated rings. The molecule has 18 heavy (non-hydrogen) atoms. The molecule has 1 aliphatic heterocycles. The van der Waals surface area contributed by atoms with Crippen LogP contribution < -0.4 is 0 Å². The van der Waals surface area contributed by atoms with E-state index in [1.54, 1.807) is 11.1 Å². The molecular formula is C14H22N2O2. The van der Waals surface area contributed by atoms with E-state index in [0.29, 0.717) is 19.0 Å². The first-order chi connectivity index (χ1) is 8.33. The Bertz CT molecular complexity index is 366. The van der Waals surface area contributed by atoms with Crippen LogP contribution in [0.15, 0.2) is 11.8 Å². The number of rotatable bonds is 1. The Labute approximate surface area is 109 Å². The monoisotopic (exact) mass is 250 g/mol. The van der Waals surface area contributed by atoms with Crippen molar-refractivity contribution >= 4 is 6.09 Å². The zero-order valence-electron chi connectivity index (χ0n) is 11.7. The molecule has 0 saturated carbocycles. The van der Waals surface area contributed by atoms with E-state index in [1.165, 1.54) is 0 Å². The van der Waals surface area contributed by atoms with E-state index >= 15 is 0 Å². The second-order valence-corrected chi connectivity index (χ2v) is 5.74.